The standard InChI is InChI=1S/C15H16FN3OS/c16-12-8-13(10-4-2-1-3-5-10)19-14(12)17-15(18-19)21-11-6-7-20-9-11/h1-5,11-13H,6-9H2. The van der Waals surface area contributed by atoms with Gasteiger partial charge >= 0.3 is 0 Å². The van der Waals surface area contributed by atoms with Crippen LogP contribution >= 0.6 is 11.8 Å². The second-order valence-corrected chi connectivity index (χ2v) is 6.70. The van der Waals surface area contributed by atoms with E-state index >= 15 is 0 Å². The number of halogens is 1. The molecular weight excluding hydrogens is 289 g/mol. The topological polar surface area (TPSA) is 39.9 Å². The number of benzene rings is 1. The quantitative estimate of drug-likeness (QED) is 0.873. The summed E-state index contributed by atoms with van der Waals surface area (Å²) in [6, 6.07) is 9.91. The average molecular weight is 305 g/mol. The van der Waals surface area contributed by atoms with Crippen LogP contribution in [0.25, 0.3) is 0 Å². The van der Waals surface area contributed by atoms with Crippen molar-refractivity contribution in [1.29, 1.82) is 0 Å². The number of hydrogen-bond acceptors (Lipinski definition) is 4. The minimum Gasteiger partial charge on any atom is -0.380 e. The highest BCUT2D eigenvalue weighted by Gasteiger charge is 2.35. The Balaban J connectivity index is 1.61. The maximum atomic E-state index is 14.2. The Kier molecular flexibility index (Phi) is 3.43. The van der Waals surface area contributed by atoms with Crippen LogP contribution in [0.3, 0.4) is 0 Å². The van der Waals surface area contributed by atoms with Crippen LogP contribution in [0.15, 0.2) is 35.5 Å². The summed E-state index contributed by atoms with van der Waals surface area (Å²) in [4.78, 5) is 4.40. The molecule has 110 valence electrons. The van der Waals surface area contributed by atoms with Crippen LogP contribution in [0.2, 0.25) is 0 Å². The maximum Gasteiger partial charge on any atom is 0.209 e. The van der Waals surface area contributed by atoms with E-state index in [4.69, 9.17) is 4.74 Å². The normalized spacial score (nSPS) is 28.0. The maximum absolute atomic E-state index is 14.2. The lowest BCUT2D eigenvalue weighted by Crippen LogP contribution is -2.08. The third kappa shape index (κ3) is 2.46. The van der Waals surface area contributed by atoms with Gasteiger partial charge in [-0.1, -0.05) is 42.1 Å². The zero-order chi connectivity index (χ0) is 14.2. The van der Waals surface area contributed by atoms with E-state index in [0.717, 1.165) is 25.2 Å². The van der Waals surface area contributed by atoms with Crippen LogP contribution in [-0.4, -0.2) is 33.2 Å². The summed E-state index contributed by atoms with van der Waals surface area (Å²) in [5.74, 6) is 0.463. The zero-order valence-corrected chi connectivity index (χ0v) is 12.3. The van der Waals surface area contributed by atoms with Gasteiger partial charge < -0.3 is 4.74 Å². The Hall–Kier alpha value is -1.40. The average Bonchev–Trinajstić information content (AvgIpc) is 3.20. The number of thioether (sulfide) groups is 1. The molecule has 0 saturated carbocycles. The van der Waals surface area contributed by atoms with E-state index in [1.54, 1.807) is 16.4 Å². The molecule has 0 bridgehead atoms. The molecule has 0 amide bonds. The van der Waals surface area contributed by atoms with Gasteiger partial charge in [0.25, 0.3) is 0 Å². The molecule has 0 aliphatic carbocycles. The molecule has 1 saturated heterocycles. The van der Waals surface area contributed by atoms with E-state index in [1.807, 2.05) is 30.3 Å². The Morgan fingerprint density at radius 3 is 2.90 bits per heavy atom. The van der Waals surface area contributed by atoms with Gasteiger partial charge in [0.15, 0.2) is 12.0 Å². The van der Waals surface area contributed by atoms with Crippen molar-refractivity contribution in [2.45, 2.75) is 35.5 Å². The number of aromatic nitrogens is 3. The molecule has 0 N–H and O–H groups in total. The van der Waals surface area contributed by atoms with Gasteiger partial charge in [0.1, 0.15) is 0 Å². The SMILES string of the molecule is FC1CC(c2ccccc2)n2nc(SC3CCOC3)nc21. The van der Waals surface area contributed by atoms with E-state index in [1.165, 1.54) is 0 Å². The predicted molar refractivity (Wildman–Crippen MR) is 78.2 cm³/mol. The number of fused-ring (bicyclic) bond motifs is 1. The van der Waals surface area contributed by atoms with E-state index in [0.29, 0.717) is 22.7 Å². The molecule has 2 aromatic rings. The van der Waals surface area contributed by atoms with Crippen molar-refractivity contribution in [2.24, 2.45) is 0 Å². The number of rotatable bonds is 3. The van der Waals surface area contributed by atoms with Crippen LogP contribution in [0.1, 0.15) is 36.4 Å². The molecular formula is C15H16FN3OS. The molecule has 4 rings (SSSR count). The van der Waals surface area contributed by atoms with Crippen LogP contribution < -0.4 is 0 Å². The summed E-state index contributed by atoms with van der Waals surface area (Å²) < 4.78 is 21.3. The summed E-state index contributed by atoms with van der Waals surface area (Å²) >= 11 is 1.60. The van der Waals surface area contributed by atoms with Gasteiger partial charge in [-0.15, -0.1) is 5.10 Å². The van der Waals surface area contributed by atoms with Crippen LogP contribution in [0, 0.1) is 0 Å². The van der Waals surface area contributed by atoms with Gasteiger partial charge in [-0.3, -0.25) is 0 Å². The molecule has 3 atom stereocenters. The Morgan fingerprint density at radius 2 is 2.14 bits per heavy atom. The van der Waals surface area contributed by atoms with E-state index < -0.39 is 6.17 Å². The van der Waals surface area contributed by atoms with Gasteiger partial charge in [0, 0.05) is 18.3 Å². The van der Waals surface area contributed by atoms with Crippen molar-refractivity contribution in [1.82, 2.24) is 14.8 Å². The van der Waals surface area contributed by atoms with Crippen LogP contribution in [0.4, 0.5) is 4.39 Å². The van der Waals surface area contributed by atoms with Crippen LogP contribution in [-0.2, 0) is 4.74 Å². The van der Waals surface area contributed by atoms with Crippen molar-refractivity contribution in [3.8, 4) is 0 Å². The lowest BCUT2D eigenvalue weighted by molar-refractivity contribution is 0.199. The molecule has 1 aromatic heterocycles. The highest BCUT2D eigenvalue weighted by atomic mass is 32.2. The minimum absolute atomic E-state index is 0.0436. The fourth-order valence-electron chi connectivity index (χ4n) is 2.92. The Labute approximate surface area is 126 Å². The Morgan fingerprint density at radius 1 is 1.29 bits per heavy atom. The van der Waals surface area contributed by atoms with Gasteiger partial charge in [0.05, 0.1) is 12.6 Å². The second-order valence-electron chi connectivity index (χ2n) is 5.43. The highest BCUT2D eigenvalue weighted by Crippen LogP contribution is 2.40. The largest absolute Gasteiger partial charge is 0.380 e. The van der Waals surface area contributed by atoms with E-state index in [9.17, 15) is 4.39 Å². The molecule has 3 heterocycles. The number of nitrogens with zero attached hydrogens (tertiary/aromatic N) is 3. The highest BCUT2D eigenvalue weighted by molar-refractivity contribution is 7.99. The molecule has 3 unspecified atom stereocenters. The number of ether oxygens (including phenoxy) is 1. The first-order valence-electron chi connectivity index (χ1n) is 7.21. The van der Waals surface area contributed by atoms with Gasteiger partial charge in [-0.2, -0.15) is 0 Å². The van der Waals surface area contributed by atoms with E-state index in [-0.39, 0.29) is 6.04 Å². The lowest BCUT2D eigenvalue weighted by atomic mass is 10.0. The van der Waals surface area contributed by atoms with Crippen molar-refractivity contribution in [3.63, 3.8) is 0 Å². The van der Waals surface area contributed by atoms with Gasteiger partial charge in [0.2, 0.25) is 5.16 Å². The summed E-state index contributed by atoms with van der Waals surface area (Å²) in [5.41, 5.74) is 1.09. The van der Waals surface area contributed by atoms with Crippen molar-refractivity contribution < 1.29 is 9.13 Å². The van der Waals surface area contributed by atoms with Crippen molar-refractivity contribution >= 4 is 11.8 Å². The first-order chi connectivity index (χ1) is 10.3. The monoisotopic (exact) mass is 305 g/mol. The number of alkyl halides is 1. The summed E-state index contributed by atoms with van der Waals surface area (Å²) in [6.07, 6.45) is 0.406. The second kappa shape index (κ2) is 5.42. The fourth-order valence-corrected chi connectivity index (χ4v) is 3.87. The first kappa shape index (κ1) is 13.3. The third-order valence-electron chi connectivity index (χ3n) is 3.99. The minimum atomic E-state index is -1.03. The van der Waals surface area contributed by atoms with Gasteiger partial charge in [-0.05, 0) is 12.0 Å². The molecule has 1 fully saturated rings. The molecule has 0 radical (unpaired) electrons. The molecule has 2 aliphatic rings. The summed E-state index contributed by atoms with van der Waals surface area (Å²) in [7, 11) is 0. The fraction of sp³-hybridized carbons (Fsp3) is 0.467. The van der Waals surface area contributed by atoms with Crippen molar-refractivity contribution in [3.05, 3.63) is 41.7 Å². The molecule has 21 heavy (non-hydrogen) atoms. The summed E-state index contributed by atoms with van der Waals surface area (Å²) in [5, 5.41) is 5.60. The molecule has 6 heteroatoms. The predicted octanol–water partition coefficient (Wildman–Crippen LogP) is 3.16. The Bertz CT molecular complexity index is 627. The molecule has 2 aliphatic heterocycles. The summed E-state index contributed by atoms with van der Waals surface area (Å²) in [6.45, 7) is 1.53. The molecule has 4 nitrogen and oxygen atoms in total. The first-order valence-corrected chi connectivity index (χ1v) is 8.09. The molecule has 0 spiro atoms. The van der Waals surface area contributed by atoms with E-state index in [2.05, 4.69) is 10.1 Å². The zero-order valence-electron chi connectivity index (χ0n) is 11.5. The van der Waals surface area contributed by atoms with Crippen molar-refractivity contribution in [2.75, 3.05) is 13.2 Å². The van der Waals surface area contributed by atoms with Gasteiger partial charge in [-0.25, -0.2) is 14.1 Å². The lowest BCUT2D eigenvalue weighted by Gasteiger charge is -2.11. The third-order valence-corrected chi connectivity index (χ3v) is 5.08. The number of hydrogen-bond donors (Lipinski definition) is 0. The smallest absolute Gasteiger partial charge is 0.209 e. The van der Waals surface area contributed by atoms with Crippen LogP contribution in [0.5, 0.6) is 0 Å². The molecule has 1 aromatic carbocycles.